The molecule has 0 atom stereocenters. The Hall–Kier alpha value is -2.90. The third-order valence-corrected chi connectivity index (χ3v) is 2.56. The fourth-order valence-electron chi connectivity index (χ4n) is 1.60. The maximum Gasteiger partial charge on any atom is 0.336 e. The van der Waals surface area contributed by atoms with Gasteiger partial charge in [0.25, 0.3) is 11.8 Å². The molecule has 1 rings (SSSR count). The van der Waals surface area contributed by atoms with Crippen molar-refractivity contribution in [1.82, 2.24) is 10.6 Å². The van der Waals surface area contributed by atoms with E-state index in [0.717, 1.165) is 12.1 Å². The van der Waals surface area contributed by atoms with E-state index in [1.165, 1.54) is 14.1 Å². The van der Waals surface area contributed by atoms with E-state index in [2.05, 4.69) is 10.6 Å². The van der Waals surface area contributed by atoms with Crippen molar-refractivity contribution in [1.29, 1.82) is 0 Å². The summed E-state index contributed by atoms with van der Waals surface area (Å²) in [6, 6.07) is 1.74. The summed E-state index contributed by atoms with van der Waals surface area (Å²) >= 11 is 0. The monoisotopic (exact) mass is 280 g/mol. The zero-order valence-electron chi connectivity index (χ0n) is 10.7. The van der Waals surface area contributed by atoms with Gasteiger partial charge in [0.15, 0.2) is 0 Å². The van der Waals surface area contributed by atoms with Gasteiger partial charge in [-0.25, -0.2) is 9.59 Å². The van der Waals surface area contributed by atoms with Crippen LogP contribution >= 0.6 is 0 Å². The van der Waals surface area contributed by atoms with Crippen molar-refractivity contribution in [3.63, 3.8) is 0 Å². The minimum Gasteiger partial charge on any atom is -0.478 e. The molecule has 8 heteroatoms. The average molecular weight is 280 g/mol. The molecule has 0 aliphatic heterocycles. The highest BCUT2D eigenvalue weighted by atomic mass is 16.4. The van der Waals surface area contributed by atoms with E-state index in [1.54, 1.807) is 0 Å². The lowest BCUT2D eigenvalue weighted by Gasteiger charge is -2.10. The topological polar surface area (TPSA) is 133 Å². The molecule has 0 aliphatic carbocycles. The second-order valence-electron chi connectivity index (χ2n) is 3.71. The molecular weight excluding hydrogens is 268 g/mol. The predicted octanol–water partition coefficient (Wildman–Crippen LogP) is -0.198. The van der Waals surface area contributed by atoms with Gasteiger partial charge in [-0.15, -0.1) is 0 Å². The largest absolute Gasteiger partial charge is 0.478 e. The molecule has 106 valence electrons. The van der Waals surface area contributed by atoms with Crippen LogP contribution in [0.4, 0.5) is 0 Å². The Labute approximate surface area is 113 Å². The van der Waals surface area contributed by atoms with E-state index in [-0.39, 0.29) is 11.1 Å². The SMILES string of the molecule is CNC(=O)c1cc(C(=O)O)c(C(=O)NC)cc1C(=O)O. The van der Waals surface area contributed by atoms with Crippen molar-refractivity contribution in [2.75, 3.05) is 14.1 Å². The number of aromatic carboxylic acids is 2. The Balaban J connectivity index is 3.68. The smallest absolute Gasteiger partial charge is 0.336 e. The summed E-state index contributed by atoms with van der Waals surface area (Å²) in [4.78, 5) is 45.4. The molecule has 0 saturated heterocycles. The Morgan fingerprint density at radius 1 is 0.750 bits per heavy atom. The molecule has 0 spiro atoms. The molecule has 4 N–H and O–H groups in total. The van der Waals surface area contributed by atoms with Crippen LogP contribution in [-0.4, -0.2) is 48.1 Å². The van der Waals surface area contributed by atoms with Crippen molar-refractivity contribution in [2.24, 2.45) is 0 Å². The van der Waals surface area contributed by atoms with Crippen LogP contribution in [-0.2, 0) is 0 Å². The number of hydrogen-bond acceptors (Lipinski definition) is 4. The average Bonchev–Trinajstić information content (AvgIpc) is 2.43. The van der Waals surface area contributed by atoms with Gasteiger partial charge in [0.2, 0.25) is 0 Å². The number of rotatable bonds is 4. The first-order valence-corrected chi connectivity index (χ1v) is 5.42. The molecule has 0 fully saturated rings. The van der Waals surface area contributed by atoms with Crippen molar-refractivity contribution in [2.45, 2.75) is 0 Å². The molecule has 0 saturated carbocycles. The fourth-order valence-corrected chi connectivity index (χ4v) is 1.60. The van der Waals surface area contributed by atoms with Crippen LogP contribution < -0.4 is 10.6 Å². The maximum absolute atomic E-state index is 11.6. The Bertz CT molecular complexity index is 554. The summed E-state index contributed by atoms with van der Waals surface area (Å²) in [6.07, 6.45) is 0. The second kappa shape index (κ2) is 5.83. The minimum absolute atomic E-state index is 0.329. The van der Waals surface area contributed by atoms with Crippen molar-refractivity contribution in [3.8, 4) is 0 Å². The highest BCUT2D eigenvalue weighted by Gasteiger charge is 2.24. The van der Waals surface area contributed by atoms with Crippen LogP contribution in [0.25, 0.3) is 0 Å². The number of hydrogen-bond donors (Lipinski definition) is 4. The zero-order valence-corrected chi connectivity index (χ0v) is 10.7. The molecule has 0 bridgehead atoms. The molecule has 0 unspecified atom stereocenters. The van der Waals surface area contributed by atoms with Crippen molar-refractivity contribution < 1.29 is 29.4 Å². The molecular formula is C12H12N2O6. The first-order chi connectivity index (χ1) is 9.33. The van der Waals surface area contributed by atoms with Crippen LogP contribution in [0.5, 0.6) is 0 Å². The van der Waals surface area contributed by atoms with Gasteiger partial charge in [-0.3, -0.25) is 9.59 Å². The Morgan fingerprint density at radius 3 is 1.25 bits per heavy atom. The highest BCUT2D eigenvalue weighted by molar-refractivity contribution is 6.11. The number of carbonyl (C=O) groups excluding carboxylic acids is 2. The molecule has 2 amide bonds. The lowest BCUT2D eigenvalue weighted by molar-refractivity contribution is 0.0675. The minimum atomic E-state index is -1.44. The highest BCUT2D eigenvalue weighted by Crippen LogP contribution is 2.18. The number of benzene rings is 1. The van der Waals surface area contributed by atoms with Crippen LogP contribution in [0.1, 0.15) is 41.4 Å². The number of nitrogens with one attached hydrogen (secondary N) is 2. The summed E-state index contributed by atoms with van der Waals surface area (Å²) in [5, 5.41) is 22.5. The quantitative estimate of drug-likeness (QED) is 0.603. The lowest BCUT2D eigenvalue weighted by Crippen LogP contribution is -2.26. The molecule has 1 aromatic carbocycles. The molecule has 20 heavy (non-hydrogen) atoms. The number of carboxylic acid groups (broad SMARTS) is 2. The van der Waals surface area contributed by atoms with Gasteiger partial charge in [-0.2, -0.15) is 0 Å². The second-order valence-corrected chi connectivity index (χ2v) is 3.71. The van der Waals surface area contributed by atoms with E-state index in [4.69, 9.17) is 10.2 Å². The first-order valence-electron chi connectivity index (χ1n) is 5.42. The van der Waals surface area contributed by atoms with Gasteiger partial charge in [-0.1, -0.05) is 0 Å². The Kier molecular flexibility index (Phi) is 4.42. The van der Waals surface area contributed by atoms with Gasteiger partial charge < -0.3 is 20.8 Å². The molecule has 0 radical (unpaired) electrons. The predicted molar refractivity (Wildman–Crippen MR) is 67.1 cm³/mol. The normalized spacial score (nSPS) is 9.70. The Morgan fingerprint density at radius 2 is 1.05 bits per heavy atom. The summed E-state index contributed by atoms with van der Waals surface area (Å²) in [6.45, 7) is 0. The van der Waals surface area contributed by atoms with E-state index >= 15 is 0 Å². The third kappa shape index (κ3) is 2.74. The van der Waals surface area contributed by atoms with E-state index in [0.29, 0.717) is 0 Å². The van der Waals surface area contributed by atoms with E-state index < -0.39 is 34.9 Å². The summed E-state index contributed by atoms with van der Waals surface area (Å²) in [5.41, 5.74) is -1.56. The lowest BCUT2D eigenvalue weighted by atomic mass is 9.97. The summed E-state index contributed by atoms with van der Waals surface area (Å²) in [7, 11) is 2.56. The molecule has 0 aromatic heterocycles. The van der Waals surface area contributed by atoms with Gasteiger partial charge in [0, 0.05) is 14.1 Å². The van der Waals surface area contributed by atoms with Crippen LogP contribution in [0.3, 0.4) is 0 Å². The zero-order chi connectivity index (χ0) is 15.4. The van der Waals surface area contributed by atoms with Gasteiger partial charge in [0.05, 0.1) is 22.3 Å². The van der Waals surface area contributed by atoms with Crippen LogP contribution in [0, 0.1) is 0 Å². The van der Waals surface area contributed by atoms with Gasteiger partial charge in [0.1, 0.15) is 0 Å². The molecule has 0 aliphatic rings. The number of carboxylic acids is 2. The van der Waals surface area contributed by atoms with E-state index in [9.17, 15) is 19.2 Å². The standard InChI is InChI=1S/C12H12N2O6/c1-13-9(15)5-3-8(12(19)20)6(10(16)14-2)4-7(5)11(17)18/h3-4H,1-2H3,(H,13,15)(H,14,16)(H,17,18)(H,19,20). The summed E-state index contributed by atoms with van der Waals surface area (Å²) < 4.78 is 0. The van der Waals surface area contributed by atoms with E-state index in [1.807, 2.05) is 0 Å². The molecule has 8 nitrogen and oxygen atoms in total. The van der Waals surface area contributed by atoms with Gasteiger partial charge >= 0.3 is 11.9 Å². The number of amides is 2. The molecule has 0 heterocycles. The van der Waals surface area contributed by atoms with Crippen molar-refractivity contribution in [3.05, 3.63) is 34.4 Å². The van der Waals surface area contributed by atoms with Crippen molar-refractivity contribution >= 4 is 23.8 Å². The maximum atomic E-state index is 11.6. The van der Waals surface area contributed by atoms with Crippen LogP contribution in [0.2, 0.25) is 0 Å². The van der Waals surface area contributed by atoms with Crippen LogP contribution in [0.15, 0.2) is 12.1 Å². The fraction of sp³-hybridized carbons (Fsp3) is 0.167. The van der Waals surface area contributed by atoms with Gasteiger partial charge in [-0.05, 0) is 12.1 Å². The number of carbonyl (C=O) groups is 4. The summed E-state index contributed by atoms with van der Waals surface area (Å²) in [5.74, 6) is -4.39. The molecule has 1 aromatic rings. The third-order valence-electron chi connectivity index (χ3n) is 2.56. The first kappa shape index (κ1) is 15.2.